The van der Waals surface area contributed by atoms with Crippen molar-refractivity contribution in [3.63, 3.8) is 0 Å². The summed E-state index contributed by atoms with van der Waals surface area (Å²) >= 11 is 1.70. The van der Waals surface area contributed by atoms with E-state index in [9.17, 15) is 4.79 Å². The number of nitrogens with one attached hydrogen (secondary N) is 1. The van der Waals surface area contributed by atoms with E-state index in [2.05, 4.69) is 10.3 Å². The van der Waals surface area contributed by atoms with E-state index in [0.29, 0.717) is 6.10 Å². The first kappa shape index (κ1) is 18.9. The Morgan fingerprint density at radius 3 is 2.86 bits per heavy atom. The smallest absolute Gasteiger partial charge is 0.244 e. The van der Waals surface area contributed by atoms with Crippen molar-refractivity contribution in [1.29, 1.82) is 0 Å². The van der Waals surface area contributed by atoms with Gasteiger partial charge in [-0.25, -0.2) is 4.98 Å². The summed E-state index contributed by atoms with van der Waals surface area (Å²) < 4.78 is 8.04. The first-order chi connectivity index (χ1) is 13.7. The van der Waals surface area contributed by atoms with E-state index < -0.39 is 0 Å². The zero-order valence-electron chi connectivity index (χ0n) is 16.1. The van der Waals surface area contributed by atoms with Crippen LogP contribution >= 0.6 is 11.8 Å². The topological polar surface area (TPSA) is 56.2 Å². The van der Waals surface area contributed by atoms with E-state index in [4.69, 9.17) is 4.74 Å². The van der Waals surface area contributed by atoms with Gasteiger partial charge in [-0.2, -0.15) is 11.8 Å². The molecule has 1 aliphatic carbocycles. The van der Waals surface area contributed by atoms with Crippen LogP contribution in [-0.4, -0.2) is 27.8 Å². The first-order valence-electron chi connectivity index (χ1n) is 9.72. The lowest BCUT2D eigenvalue weighted by Crippen LogP contribution is -2.20. The number of ether oxygens (including phenoxy) is 1. The number of amides is 1. The maximum absolute atomic E-state index is 12.7. The van der Waals surface area contributed by atoms with E-state index in [0.717, 1.165) is 46.9 Å². The molecule has 0 atom stereocenters. The van der Waals surface area contributed by atoms with Crippen molar-refractivity contribution in [1.82, 2.24) is 9.55 Å². The Kier molecular flexibility index (Phi) is 5.86. The standard InChI is InChI=1S/C22H25N3O2S/c1-28-15-21-24-19-11-4-5-12-20(19)25(21)14-22(26)23-16-7-6-10-18(13-16)27-17-8-2-3-9-17/h4-7,10-13,17H,2-3,8-9,14-15H2,1H3,(H,23,26). The summed E-state index contributed by atoms with van der Waals surface area (Å²) in [7, 11) is 0. The molecule has 146 valence electrons. The van der Waals surface area contributed by atoms with Gasteiger partial charge in [0.1, 0.15) is 18.1 Å². The molecule has 1 amide bonds. The van der Waals surface area contributed by atoms with Crippen molar-refractivity contribution in [2.24, 2.45) is 0 Å². The lowest BCUT2D eigenvalue weighted by molar-refractivity contribution is -0.116. The molecule has 4 rings (SSSR count). The average Bonchev–Trinajstić information content (AvgIpc) is 3.31. The van der Waals surface area contributed by atoms with Gasteiger partial charge in [-0.1, -0.05) is 18.2 Å². The normalized spacial score (nSPS) is 14.5. The SMILES string of the molecule is CSCc1nc2ccccc2n1CC(=O)Nc1cccc(OC2CCCC2)c1. The fourth-order valence-electron chi connectivity index (χ4n) is 3.73. The highest BCUT2D eigenvalue weighted by Gasteiger charge is 2.17. The van der Waals surface area contributed by atoms with Crippen molar-refractivity contribution in [2.75, 3.05) is 11.6 Å². The zero-order chi connectivity index (χ0) is 19.3. The number of carbonyl (C=O) groups excluding carboxylic acids is 1. The molecule has 3 aromatic rings. The predicted octanol–water partition coefficient (Wildman–Crippen LogP) is 4.86. The number of aromatic nitrogens is 2. The Morgan fingerprint density at radius 1 is 1.21 bits per heavy atom. The number of benzene rings is 2. The van der Waals surface area contributed by atoms with Crippen molar-refractivity contribution in [3.05, 3.63) is 54.4 Å². The second-order valence-corrected chi connectivity index (χ2v) is 8.00. The molecule has 0 radical (unpaired) electrons. The van der Waals surface area contributed by atoms with Crippen LogP contribution in [-0.2, 0) is 17.1 Å². The van der Waals surface area contributed by atoms with E-state index >= 15 is 0 Å². The number of rotatable bonds is 7. The maximum Gasteiger partial charge on any atom is 0.244 e. The fourth-order valence-corrected chi connectivity index (χ4v) is 4.21. The number of hydrogen-bond donors (Lipinski definition) is 1. The third-order valence-electron chi connectivity index (χ3n) is 5.03. The average molecular weight is 396 g/mol. The van der Waals surface area contributed by atoms with E-state index in [1.165, 1.54) is 12.8 Å². The molecule has 28 heavy (non-hydrogen) atoms. The molecule has 1 heterocycles. The van der Waals surface area contributed by atoms with Gasteiger partial charge in [-0.15, -0.1) is 0 Å². The van der Waals surface area contributed by atoms with Gasteiger partial charge in [0, 0.05) is 11.8 Å². The molecule has 2 aromatic carbocycles. The van der Waals surface area contributed by atoms with Crippen molar-refractivity contribution >= 4 is 34.4 Å². The van der Waals surface area contributed by atoms with E-state index in [1.54, 1.807) is 11.8 Å². The molecule has 1 N–H and O–H groups in total. The lowest BCUT2D eigenvalue weighted by atomic mass is 10.2. The van der Waals surface area contributed by atoms with Crippen LogP contribution in [0.15, 0.2) is 48.5 Å². The number of hydrogen-bond acceptors (Lipinski definition) is 4. The van der Waals surface area contributed by atoms with Crippen LogP contribution < -0.4 is 10.1 Å². The Balaban J connectivity index is 1.47. The first-order valence-corrected chi connectivity index (χ1v) is 11.1. The van der Waals surface area contributed by atoms with Crippen LogP contribution in [0.5, 0.6) is 5.75 Å². The molecule has 1 saturated carbocycles. The lowest BCUT2D eigenvalue weighted by Gasteiger charge is -2.14. The molecule has 0 aliphatic heterocycles. The Hall–Kier alpha value is -2.47. The quantitative estimate of drug-likeness (QED) is 0.621. The number of carbonyl (C=O) groups is 1. The molecule has 5 nitrogen and oxygen atoms in total. The molecule has 6 heteroatoms. The number of para-hydroxylation sites is 2. The highest BCUT2D eigenvalue weighted by molar-refractivity contribution is 7.97. The van der Waals surface area contributed by atoms with Gasteiger partial charge in [-0.05, 0) is 56.2 Å². The highest BCUT2D eigenvalue weighted by Crippen LogP contribution is 2.26. The molecular weight excluding hydrogens is 370 g/mol. The second-order valence-electron chi connectivity index (χ2n) is 7.14. The molecular formula is C22H25N3O2S. The van der Waals surface area contributed by atoms with Gasteiger partial charge in [-0.3, -0.25) is 4.79 Å². The number of nitrogens with zero attached hydrogens (tertiary/aromatic N) is 2. The molecule has 0 saturated heterocycles. The van der Waals surface area contributed by atoms with Crippen LogP contribution in [0.2, 0.25) is 0 Å². The molecule has 1 fully saturated rings. The molecule has 1 aromatic heterocycles. The summed E-state index contributed by atoms with van der Waals surface area (Å²) in [5, 5.41) is 3.01. The summed E-state index contributed by atoms with van der Waals surface area (Å²) in [4.78, 5) is 17.4. The minimum absolute atomic E-state index is 0.0662. The number of imidazole rings is 1. The van der Waals surface area contributed by atoms with E-state index in [-0.39, 0.29) is 12.5 Å². The van der Waals surface area contributed by atoms with Gasteiger partial charge in [0.25, 0.3) is 0 Å². The third kappa shape index (κ3) is 4.33. The summed E-state index contributed by atoms with van der Waals surface area (Å²) in [5.41, 5.74) is 2.67. The zero-order valence-corrected chi connectivity index (χ0v) is 16.9. The van der Waals surface area contributed by atoms with Gasteiger partial charge >= 0.3 is 0 Å². The maximum atomic E-state index is 12.7. The summed E-state index contributed by atoms with van der Waals surface area (Å²) in [6.07, 6.45) is 7.04. The summed E-state index contributed by atoms with van der Waals surface area (Å²) in [6, 6.07) is 15.6. The number of anilines is 1. The van der Waals surface area contributed by atoms with Gasteiger partial charge in [0.2, 0.25) is 5.91 Å². The highest BCUT2D eigenvalue weighted by atomic mass is 32.2. The van der Waals surface area contributed by atoms with Gasteiger partial charge in [0.15, 0.2) is 0 Å². The second kappa shape index (κ2) is 8.69. The minimum atomic E-state index is -0.0662. The number of fused-ring (bicyclic) bond motifs is 1. The molecule has 0 unspecified atom stereocenters. The van der Waals surface area contributed by atoms with Crippen molar-refractivity contribution < 1.29 is 9.53 Å². The van der Waals surface area contributed by atoms with E-state index in [1.807, 2.05) is 59.4 Å². The van der Waals surface area contributed by atoms with Crippen LogP contribution in [0.3, 0.4) is 0 Å². The molecule has 0 spiro atoms. The molecule has 0 bridgehead atoms. The van der Waals surface area contributed by atoms with Gasteiger partial charge in [0.05, 0.1) is 22.9 Å². The van der Waals surface area contributed by atoms with Crippen LogP contribution in [0.4, 0.5) is 5.69 Å². The summed E-state index contributed by atoms with van der Waals surface area (Å²) in [6.45, 7) is 0.240. The van der Waals surface area contributed by atoms with Gasteiger partial charge < -0.3 is 14.6 Å². The Bertz CT molecular complexity index is 963. The van der Waals surface area contributed by atoms with Crippen LogP contribution in [0, 0.1) is 0 Å². The minimum Gasteiger partial charge on any atom is -0.490 e. The van der Waals surface area contributed by atoms with Crippen LogP contribution in [0.25, 0.3) is 11.0 Å². The third-order valence-corrected chi connectivity index (χ3v) is 5.58. The monoisotopic (exact) mass is 395 g/mol. The Morgan fingerprint density at radius 2 is 2.04 bits per heavy atom. The largest absolute Gasteiger partial charge is 0.490 e. The summed E-state index contributed by atoms with van der Waals surface area (Å²) in [5.74, 6) is 2.44. The Labute approximate surface area is 169 Å². The fraction of sp³-hybridized carbons (Fsp3) is 0.364. The predicted molar refractivity (Wildman–Crippen MR) is 115 cm³/mol. The van der Waals surface area contributed by atoms with Crippen LogP contribution in [0.1, 0.15) is 31.5 Å². The van der Waals surface area contributed by atoms with Crippen molar-refractivity contribution in [3.8, 4) is 5.75 Å². The molecule has 1 aliphatic rings. The van der Waals surface area contributed by atoms with Crippen molar-refractivity contribution in [2.45, 2.75) is 44.1 Å². The number of thioether (sulfide) groups is 1.